The summed E-state index contributed by atoms with van der Waals surface area (Å²) in [7, 11) is -3.88. The van der Waals surface area contributed by atoms with Crippen LogP contribution in [0.3, 0.4) is 0 Å². The minimum Gasteiger partial charge on any atom is -0.492 e. The van der Waals surface area contributed by atoms with Gasteiger partial charge in [0.25, 0.3) is 0 Å². The molecule has 0 aliphatic rings. The lowest BCUT2D eigenvalue weighted by Gasteiger charge is -2.23. The first-order chi connectivity index (χ1) is 15.9. The molecule has 2 rings (SSSR count). The van der Waals surface area contributed by atoms with Crippen molar-refractivity contribution in [3.05, 3.63) is 58.6 Å². The summed E-state index contributed by atoms with van der Waals surface area (Å²) in [5, 5.41) is 2.15. The largest absolute Gasteiger partial charge is 0.492 e. The topological polar surface area (TPSA) is 75.7 Å². The molecule has 1 amide bonds. The summed E-state index contributed by atoms with van der Waals surface area (Å²) in [4.78, 5) is 12.1. The summed E-state index contributed by atoms with van der Waals surface area (Å²) < 4.78 is 70.1. The van der Waals surface area contributed by atoms with Gasteiger partial charge in [-0.15, -0.1) is 0 Å². The Morgan fingerprint density at radius 1 is 1.15 bits per heavy atom. The average Bonchev–Trinajstić information content (AvgIpc) is 2.74. The molecule has 2 aromatic carbocycles. The van der Waals surface area contributed by atoms with Crippen molar-refractivity contribution in [2.75, 3.05) is 30.3 Å². The van der Waals surface area contributed by atoms with Gasteiger partial charge in [-0.05, 0) is 48.7 Å². The van der Waals surface area contributed by atoms with E-state index in [1.165, 1.54) is 11.6 Å². The normalized spacial score (nSPS) is 11.8. The molecular weight excluding hydrogens is 493 g/mol. The minimum atomic E-state index is -4.73. The van der Waals surface area contributed by atoms with Gasteiger partial charge in [-0.3, -0.25) is 9.10 Å². The smallest absolute Gasteiger partial charge is 0.417 e. The molecule has 0 saturated heterocycles. The van der Waals surface area contributed by atoms with Crippen molar-refractivity contribution in [2.45, 2.75) is 38.8 Å². The summed E-state index contributed by atoms with van der Waals surface area (Å²) >= 11 is 5.61. The highest BCUT2D eigenvalue weighted by molar-refractivity contribution is 7.92. The number of amides is 1. The summed E-state index contributed by atoms with van der Waals surface area (Å²) in [5.74, 6) is 0.376. The highest BCUT2D eigenvalue weighted by Gasteiger charge is 2.34. The molecule has 1 N–H and O–H groups in total. The van der Waals surface area contributed by atoms with Gasteiger partial charge in [-0.1, -0.05) is 37.1 Å². The van der Waals surface area contributed by atoms with Gasteiger partial charge in [0.2, 0.25) is 15.9 Å². The molecule has 0 atom stereocenters. The first-order valence-electron chi connectivity index (χ1n) is 10.7. The number of benzene rings is 2. The van der Waals surface area contributed by atoms with E-state index in [1.807, 2.05) is 24.3 Å². The van der Waals surface area contributed by atoms with Crippen molar-refractivity contribution in [1.29, 1.82) is 0 Å². The van der Waals surface area contributed by atoms with Crippen molar-refractivity contribution in [1.82, 2.24) is 5.32 Å². The average molecular weight is 521 g/mol. The number of carbonyl (C=O) groups is 1. The SMILES string of the molecule is CCCc1ccc(OCCNC(=O)CCCN(c2ccc(Cl)c(C(F)(F)F)c2)S(C)(=O)=O)cc1. The second-order valence-electron chi connectivity index (χ2n) is 7.69. The fourth-order valence-electron chi connectivity index (χ4n) is 3.24. The number of halogens is 4. The van der Waals surface area contributed by atoms with Crippen molar-refractivity contribution in [3.8, 4) is 5.75 Å². The number of hydrogen-bond donors (Lipinski definition) is 1. The molecule has 34 heavy (non-hydrogen) atoms. The molecule has 0 radical (unpaired) electrons. The van der Waals surface area contributed by atoms with Gasteiger partial charge in [-0.2, -0.15) is 13.2 Å². The Labute approximate surface area is 203 Å². The van der Waals surface area contributed by atoms with Crippen molar-refractivity contribution < 1.29 is 31.1 Å². The van der Waals surface area contributed by atoms with Crippen LogP contribution < -0.4 is 14.4 Å². The summed E-state index contributed by atoms with van der Waals surface area (Å²) in [6.45, 7) is 2.47. The summed E-state index contributed by atoms with van der Waals surface area (Å²) in [6.07, 6.45) is -1.67. The molecule has 0 aromatic heterocycles. The third-order valence-corrected chi connectivity index (χ3v) is 6.39. The lowest BCUT2D eigenvalue weighted by molar-refractivity contribution is -0.137. The van der Waals surface area contributed by atoms with Crippen LogP contribution in [0.2, 0.25) is 5.02 Å². The monoisotopic (exact) mass is 520 g/mol. The van der Waals surface area contributed by atoms with Gasteiger partial charge >= 0.3 is 6.18 Å². The molecule has 11 heteroatoms. The van der Waals surface area contributed by atoms with E-state index in [0.717, 1.165) is 29.5 Å². The highest BCUT2D eigenvalue weighted by Crippen LogP contribution is 2.37. The quantitative estimate of drug-likeness (QED) is 0.397. The zero-order valence-electron chi connectivity index (χ0n) is 19.0. The number of carbonyl (C=O) groups excluding carboxylic acids is 1. The first-order valence-corrected chi connectivity index (χ1v) is 13.0. The first kappa shape index (κ1) is 27.8. The Hall–Kier alpha value is -2.46. The standard InChI is InChI=1S/C23H28ClF3N2O4S/c1-3-5-17-7-10-19(11-8-17)33-15-13-28-22(30)6-4-14-29(34(2,31)32)18-9-12-21(24)20(16-18)23(25,26)27/h7-12,16H,3-6,13-15H2,1-2H3,(H,28,30). The van der Waals surface area contributed by atoms with Crippen LogP contribution in [0.25, 0.3) is 0 Å². The molecule has 0 aliphatic heterocycles. The van der Waals surface area contributed by atoms with Crippen LogP contribution in [0, 0.1) is 0 Å². The van der Waals surface area contributed by atoms with E-state index in [-0.39, 0.29) is 44.1 Å². The van der Waals surface area contributed by atoms with Gasteiger partial charge in [0.15, 0.2) is 0 Å². The predicted molar refractivity (Wildman–Crippen MR) is 127 cm³/mol. The molecule has 0 heterocycles. The number of nitrogens with zero attached hydrogens (tertiary/aromatic N) is 1. The molecule has 188 valence electrons. The second kappa shape index (κ2) is 12.3. The van der Waals surface area contributed by atoms with Crippen molar-refractivity contribution in [2.24, 2.45) is 0 Å². The third-order valence-electron chi connectivity index (χ3n) is 4.86. The molecule has 0 aliphatic carbocycles. The van der Waals surface area contributed by atoms with E-state index in [0.29, 0.717) is 11.8 Å². The third kappa shape index (κ3) is 8.72. The number of hydrogen-bond acceptors (Lipinski definition) is 4. The van der Waals surface area contributed by atoms with E-state index in [9.17, 15) is 26.4 Å². The molecule has 0 spiro atoms. The van der Waals surface area contributed by atoms with Gasteiger partial charge in [0, 0.05) is 13.0 Å². The number of nitrogens with one attached hydrogen (secondary N) is 1. The van der Waals surface area contributed by atoms with Crippen molar-refractivity contribution in [3.63, 3.8) is 0 Å². The number of sulfonamides is 1. The molecule has 0 unspecified atom stereocenters. The lowest BCUT2D eigenvalue weighted by atomic mass is 10.1. The van der Waals surface area contributed by atoms with Crippen LogP contribution >= 0.6 is 11.6 Å². The molecule has 6 nitrogen and oxygen atoms in total. The molecular formula is C23H28ClF3N2O4S. The van der Waals surface area contributed by atoms with Crippen LogP contribution in [0.15, 0.2) is 42.5 Å². The van der Waals surface area contributed by atoms with Crippen LogP contribution in [-0.2, 0) is 27.4 Å². The van der Waals surface area contributed by atoms with Gasteiger partial charge < -0.3 is 10.1 Å². The zero-order chi connectivity index (χ0) is 25.4. The van der Waals surface area contributed by atoms with Crippen LogP contribution in [0.4, 0.5) is 18.9 Å². The maximum atomic E-state index is 13.1. The summed E-state index contributed by atoms with van der Waals surface area (Å²) in [5.41, 5.74) is -0.0735. The van der Waals surface area contributed by atoms with Gasteiger partial charge in [0.05, 0.1) is 29.1 Å². The minimum absolute atomic E-state index is 0.00253. The number of alkyl halides is 3. The maximum Gasteiger partial charge on any atom is 0.417 e. The fraction of sp³-hybridized carbons (Fsp3) is 0.435. The van der Waals surface area contributed by atoms with E-state index < -0.39 is 26.8 Å². The Bertz CT molecular complexity index is 1060. The number of ether oxygens (including phenoxy) is 1. The van der Waals surface area contributed by atoms with Crippen molar-refractivity contribution >= 4 is 33.2 Å². The van der Waals surface area contributed by atoms with E-state index in [4.69, 9.17) is 16.3 Å². The predicted octanol–water partition coefficient (Wildman–Crippen LogP) is 5.05. The molecule has 0 saturated carbocycles. The van der Waals surface area contributed by atoms with Crippen LogP contribution in [0.5, 0.6) is 5.75 Å². The van der Waals surface area contributed by atoms with Gasteiger partial charge in [-0.25, -0.2) is 8.42 Å². The number of aryl methyl sites for hydroxylation is 1. The number of anilines is 1. The Balaban J connectivity index is 1.84. The Morgan fingerprint density at radius 2 is 1.82 bits per heavy atom. The van der Waals surface area contributed by atoms with E-state index in [2.05, 4.69) is 12.2 Å². The lowest BCUT2D eigenvalue weighted by Crippen LogP contribution is -2.33. The fourth-order valence-corrected chi connectivity index (χ4v) is 4.43. The van der Waals surface area contributed by atoms with E-state index in [1.54, 1.807) is 0 Å². The second-order valence-corrected chi connectivity index (χ2v) is 10.0. The molecule has 0 fully saturated rings. The Kier molecular flexibility index (Phi) is 10.1. The van der Waals surface area contributed by atoms with Crippen LogP contribution in [-0.4, -0.2) is 40.3 Å². The summed E-state index contributed by atoms with van der Waals surface area (Å²) in [6, 6.07) is 10.6. The number of rotatable bonds is 12. The molecule has 2 aromatic rings. The Morgan fingerprint density at radius 3 is 2.41 bits per heavy atom. The van der Waals surface area contributed by atoms with Crippen LogP contribution in [0.1, 0.15) is 37.3 Å². The van der Waals surface area contributed by atoms with Gasteiger partial charge in [0.1, 0.15) is 12.4 Å². The zero-order valence-corrected chi connectivity index (χ0v) is 20.6. The highest BCUT2D eigenvalue weighted by atomic mass is 35.5. The molecule has 0 bridgehead atoms. The van der Waals surface area contributed by atoms with E-state index >= 15 is 0 Å². The maximum absolute atomic E-state index is 13.1.